The molecule has 0 bridgehead atoms. The van der Waals surface area contributed by atoms with Gasteiger partial charge in [-0.25, -0.2) is 0 Å². The highest BCUT2D eigenvalue weighted by Gasteiger charge is 2.32. The van der Waals surface area contributed by atoms with E-state index in [-0.39, 0.29) is 5.54 Å². The Kier molecular flexibility index (Phi) is 4.30. The van der Waals surface area contributed by atoms with Crippen LogP contribution in [0.1, 0.15) is 44.9 Å². The fraction of sp³-hybridized carbons (Fsp3) is 1.00. The molecule has 2 rings (SSSR count). The van der Waals surface area contributed by atoms with Gasteiger partial charge in [-0.1, -0.05) is 12.8 Å². The van der Waals surface area contributed by atoms with E-state index in [2.05, 4.69) is 5.32 Å². The summed E-state index contributed by atoms with van der Waals surface area (Å²) in [5.74, 6) is 0.762. The summed E-state index contributed by atoms with van der Waals surface area (Å²) in [6, 6.07) is 0. The summed E-state index contributed by atoms with van der Waals surface area (Å²) in [6.45, 7) is 2.03. The van der Waals surface area contributed by atoms with Crippen molar-refractivity contribution < 1.29 is 4.74 Å². The Balaban J connectivity index is 1.67. The predicted octanol–water partition coefficient (Wildman–Crippen LogP) is 2.70. The van der Waals surface area contributed by atoms with Crippen LogP contribution in [0.3, 0.4) is 0 Å². The maximum atomic E-state index is 6.07. The van der Waals surface area contributed by atoms with E-state index in [0.29, 0.717) is 6.10 Å². The van der Waals surface area contributed by atoms with Crippen LogP contribution in [-0.2, 0) is 4.74 Å². The monoisotopic (exact) mass is 231 g/mol. The van der Waals surface area contributed by atoms with Crippen molar-refractivity contribution in [1.29, 1.82) is 0 Å². The van der Waals surface area contributed by atoms with E-state index in [4.69, 9.17) is 16.3 Å². The van der Waals surface area contributed by atoms with Crippen LogP contribution in [-0.4, -0.2) is 30.7 Å². The molecular formula is C12H22ClNO. The molecule has 1 saturated heterocycles. The first-order chi connectivity index (χ1) is 7.35. The summed E-state index contributed by atoms with van der Waals surface area (Å²) in [6.07, 6.45) is 9.31. The summed E-state index contributed by atoms with van der Waals surface area (Å²) in [5, 5.41) is 3.66. The molecule has 0 aromatic carbocycles. The van der Waals surface area contributed by atoms with Gasteiger partial charge in [0.25, 0.3) is 0 Å². The Bertz CT molecular complexity index is 186. The summed E-state index contributed by atoms with van der Waals surface area (Å²) >= 11 is 6.07. The highest BCUT2D eigenvalue weighted by atomic mass is 35.5. The SMILES string of the molecule is ClCC1(NCCC2CCCO2)CCCC1. The average Bonchev–Trinajstić information content (AvgIpc) is 2.89. The normalized spacial score (nSPS) is 29.8. The van der Waals surface area contributed by atoms with Crippen molar-refractivity contribution in [3.63, 3.8) is 0 Å². The van der Waals surface area contributed by atoms with E-state index < -0.39 is 0 Å². The predicted molar refractivity (Wildman–Crippen MR) is 63.5 cm³/mol. The van der Waals surface area contributed by atoms with E-state index in [1.807, 2.05) is 0 Å². The molecular weight excluding hydrogens is 210 g/mol. The third kappa shape index (κ3) is 3.08. The molecule has 2 nitrogen and oxygen atoms in total. The molecule has 2 aliphatic rings. The number of halogens is 1. The molecule has 1 N–H and O–H groups in total. The van der Waals surface area contributed by atoms with Gasteiger partial charge in [-0.2, -0.15) is 0 Å². The Morgan fingerprint density at radius 1 is 1.27 bits per heavy atom. The topological polar surface area (TPSA) is 21.3 Å². The molecule has 0 aromatic rings. The fourth-order valence-corrected chi connectivity index (χ4v) is 3.14. The second kappa shape index (κ2) is 5.51. The van der Waals surface area contributed by atoms with Crippen LogP contribution >= 0.6 is 11.6 Å². The van der Waals surface area contributed by atoms with Crippen molar-refractivity contribution >= 4 is 11.6 Å². The van der Waals surface area contributed by atoms with Crippen molar-refractivity contribution in [3.05, 3.63) is 0 Å². The van der Waals surface area contributed by atoms with Gasteiger partial charge in [0.05, 0.1) is 6.10 Å². The van der Waals surface area contributed by atoms with Crippen LogP contribution in [0, 0.1) is 0 Å². The van der Waals surface area contributed by atoms with Gasteiger partial charge in [-0.05, 0) is 38.6 Å². The summed E-state index contributed by atoms with van der Waals surface area (Å²) in [5.41, 5.74) is 0.250. The van der Waals surface area contributed by atoms with Crippen LogP contribution in [0.4, 0.5) is 0 Å². The van der Waals surface area contributed by atoms with Gasteiger partial charge in [0, 0.05) is 18.0 Å². The van der Waals surface area contributed by atoms with Gasteiger partial charge in [0.2, 0.25) is 0 Å². The lowest BCUT2D eigenvalue weighted by molar-refractivity contribution is 0.102. The van der Waals surface area contributed by atoms with Gasteiger partial charge in [-0.15, -0.1) is 11.6 Å². The van der Waals surface area contributed by atoms with Crippen LogP contribution < -0.4 is 5.32 Å². The molecule has 15 heavy (non-hydrogen) atoms. The fourth-order valence-electron chi connectivity index (χ4n) is 2.78. The van der Waals surface area contributed by atoms with Gasteiger partial charge in [-0.3, -0.25) is 0 Å². The molecule has 1 aliphatic carbocycles. The maximum absolute atomic E-state index is 6.07. The second-order valence-electron chi connectivity index (χ2n) is 4.97. The molecule has 0 aromatic heterocycles. The zero-order valence-corrected chi connectivity index (χ0v) is 10.2. The quantitative estimate of drug-likeness (QED) is 0.735. The summed E-state index contributed by atoms with van der Waals surface area (Å²) in [7, 11) is 0. The van der Waals surface area contributed by atoms with Gasteiger partial charge in [0.1, 0.15) is 0 Å². The molecule has 3 heteroatoms. The lowest BCUT2D eigenvalue weighted by Crippen LogP contribution is -2.45. The van der Waals surface area contributed by atoms with Crippen LogP contribution in [0.15, 0.2) is 0 Å². The van der Waals surface area contributed by atoms with E-state index in [1.54, 1.807) is 0 Å². The number of hydrogen-bond donors (Lipinski definition) is 1. The van der Waals surface area contributed by atoms with Crippen molar-refractivity contribution in [3.8, 4) is 0 Å². The number of hydrogen-bond acceptors (Lipinski definition) is 2. The highest BCUT2D eigenvalue weighted by molar-refractivity contribution is 6.18. The maximum Gasteiger partial charge on any atom is 0.0588 e. The highest BCUT2D eigenvalue weighted by Crippen LogP contribution is 2.30. The van der Waals surface area contributed by atoms with E-state index in [0.717, 1.165) is 25.5 Å². The van der Waals surface area contributed by atoms with Crippen molar-refractivity contribution in [2.75, 3.05) is 19.0 Å². The van der Waals surface area contributed by atoms with Crippen molar-refractivity contribution in [1.82, 2.24) is 5.32 Å². The largest absolute Gasteiger partial charge is 0.378 e. The summed E-state index contributed by atoms with van der Waals surface area (Å²) in [4.78, 5) is 0. The number of alkyl halides is 1. The zero-order valence-electron chi connectivity index (χ0n) is 9.43. The van der Waals surface area contributed by atoms with E-state index in [1.165, 1.54) is 38.5 Å². The number of rotatable bonds is 5. The molecule has 0 amide bonds. The van der Waals surface area contributed by atoms with Gasteiger partial charge >= 0.3 is 0 Å². The van der Waals surface area contributed by atoms with Crippen LogP contribution in [0.5, 0.6) is 0 Å². The standard InChI is InChI=1S/C12H22ClNO/c13-10-12(6-1-2-7-12)14-8-5-11-4-3-9-15-11/h11,14H,1-10H2. The minimum Gasteiger partial charge on any atom is -0.378 e. The minimum atomic E-state index is 0.250. The Labute approximate surface area is 97.7 Å². The second-order valence-corrected chi connectivity index (χ2v) is 5.24. The molecule has 88 valence electrons. The zero-order chi connectivity index (χ0) is 10.6. The first-order valence-electron chi connectivity index (χ1n) is 6.27. The molecule has 1 saturated carbocycles. The smallest absolute Gasteiger partial charge is 0.0588 e. The molecule has 1 unspecified atom stereocenters. The van der Waals surface area contributed by atoms with Crippen LogP contribution in [0.25, 0.3) is 0 Å². The lowest BCUT2D eigenvalue weighted by Gasteiger charge is -2.28. The Morgan fingerprint density at radius 2 is 2.07 bits per heavy atom. The molecule has 1 atom stereocenters. The van der Waals surface area contributed by atoms with E-state index in [9.17, 15) is 0 Å². The molecule has 2 fully saturated rings. The molecule has 1 aliphatic heterocycles. The Morgan fingerprint density at radius 3 is 2.67 bits per heavy atom. The molecule has 0 radical (unpaired) electrons. The summed E-state index contributed by atoms with van der Waals surface area (Å²) < 4.78 is 5.61. The minimum absolute atomic E-state index is 0.250. The lowest BCUT2D eigenvalue weighted by atomic mass is 10.00. The van der Waals surface area contributed by atoms with E-state index >= 15 is 0 Å². The molecule has 1 heterocycles. The Hall–Kier alpha value is 0.210. The van der Waals surface area contributed by atoms with Gasteiger partial charge < -0.3 is 10.1 Å². The number of ether oxygens (including phenoxy) is 1. The van der Waals surface area contributed by atoms with Crippen LogP contribution in [0.2, 0.25) is 0 Å². The third-order valence-electron chi connectivity index (χ3n) is 3.81. The molecule has 0 spiro atoms. The number of nitrogens with one attached hydrogen (secondary N) is 1. The van der Waals surface area contributed by atoms with Crippen molar-refractivity contribution in [2.45, 2.75) is 56.6 Å². The van der Waals surface area contributed by atoms with Crippen molar-refractivity contribution in [2.24, 2.45) is 0 Å². The third-order valence-corrected chi connectivity index (χ3v) is 4.32. The average molecular weight is 232 g/mol. The first-order valence-corrected chi connectivity index (χ1v) is 6.81. The first kappa shape index (κ1) is 11.7. The van der Waals surface area contributed by atoms with Gasteiger partial charge in [0.15, 0.2) is 0 Å².